The SMILES string of the molecule is CCOc1cc(/C=C(\C#N)C(=O)Nc2cccc(I)c2)ccc1OCc1ccc(Cl)c(Cl)c1. The van der Waals surface area contributed by atoms with E-state index in [9.17, 15) is 10.1 Å². The fourth-order valence-corrected chi connectivity index (χ4v) is 3.74. The van der Waals surface area contributed by atoms with Gasteiger partial charge in [-0.15, -0.1) is 0 Å². The maximum Gasteiger partial charge on any atom is 0.266 e. The molecular formula is C25H19Cl2IN2O3. The van der Waals surface area contributed by atoms with Gasteiger partial charge in [0.1, 0.15) is 18.2 Å². The molecule has 1 amide bonds. The monoisotopic (exact) mass is 592 g/mol. The van der Waals surface area contributed by atoms with Gasteiger partial charge in [-0.05, 0) is 89.2 Å². The van der Waals surface area contributed by atoms with Gasteiger partial charge in [-0.25, -0.2) is 0 Å². The Hall–Kier alpha value is -2.73. The van der Waals surface area contributed by atoms with Crippen molar-refractivity contribution in [3.05, 3.63) is 91.0 Å². The maximum absolute atomic E-state index is 12.6. The third kappa shape index (κ3) is 7.13. The van der Waals surface area contributed by atoms with Crippen molar-refractivity contribution in [1.29, 1.82) is 5.26 Å². The van der Waals surface area contributed by atoms with Crippen molar-refractivity contribution in [3.8, 4) is 17.6 Å². The van der Waals surface area contributed by atoms with E-state index in [1.165, 1.54) is 6.08 Å². The average Bonchev–Trinajstić information content (AvgIpc) is 2.79. The highest BCUT2D eigenvalue weighted by molar-refractivity contribution is 14.1. The average molecular weight is 593 g/mol. The van der Waals surface area contributed by atoms with Gasteiger partial charge in [-0.2, -0.15) is 5.26 Å². The summed E-state index contributed by atoms with van der Waals surface area (Å²) in [5.74, 6) is 0.543. The molecule has 8 heteroatoms. The number of halogens is 3. The van der Waals surface area contributed by atoms with Crippen LogP contribution in [0.3, 0.4) is 0 Å². The van der Waals surface area contributed by atoms with Gasteiger partial charge in [-0.3, -0.25) is 4.79 Å². The van der Waals surface area contributed by atoms with Gasteiger partial charge < -0.3 is 14.8 Å². The Kier molecular flexibility index (Phi) is 9.01. The minimum Gasteiger partial charge on any atom is -0.490 e. The molecule has 0 aliphatic rings. The topological polar surface area (TPSA) is 71.3 Å². The molecule has 3 aromatic rings. The Balaban J connectivity index is 1.78. The van der Waals surface area contributed by atoms with E-state index in [2.05, 4.69) is 27.9 Å². The van der Waals surface area contributed by atoms with Gasteiger partial charge in [0.2, 0.25) is 0 Å². The molecule has 5 nitrogen and oxygen atoms in total. The van der Waals surface area contributed by atoms with Crippen LogP contribution in [-0.4, -0.2) is 12.5 Å². The minimum absolute atomic E-state index is 0.0271. The van der Waals surface area contributed by atoms with E-state index in [-0.39, 0.29) is 12.2 Å². The molecule has 3 rings (SSSR count). The Morgan fingerprint density at radius 3 is 2.58 bits per heavy atom. The van der Waals surface area contributed by atoms with Crippen molar-refractivity contribution in [2.45, 2.75) is 13.5 Å². The van der Waals surface area contributed by atoms with Crippen LogP contribution in [0.25, 0.3) is 6.08 Å². The van der Waals surface area contributed by atoms with Gasteiger partial charge in [-0.1, -0.05) is 41.4 Å². The fourth-order valence-electron chi connectivity index (χ4n) is 2.87. The number of hydrogen-bond donors (Lipinski definition) is 1. The van der Waals surface area contributed by atoms with Gasteiger partial charge in [0.05, 0.1) is 16.7 Å². The highest BCUT2D eigenvalue weighted by Crippen LogP contribution is 2.31. The molecule has 0 bridgehead atoms. The normalized spacial score (nSPS) is 10.9. The van der Waals surface area contributed by atoms with Crippen LogP contribution < -0.4 is 14.8 Å². The molecule has 0 aliphatic carbocycles. The van der Waals surface area contributed by atoms with E-state index in [4.69, 9.17) is 32.7 Å². The van der Waals surface area contributed by atoms with Gasteiger partial charge in [0.25, 0.3) is 5.91 Å². The predicted molar refractivity (Wildman–Crippen MR) is 140 cm³/mol. The lowest BCUT2D eigenvalue weighted by Crippen LogP contribution is -2.13. The summed E-state index contributed by atoms with van der Waals surface area (Å²) in [7, 11) is 0. The molecule has 0 aliphatic heterocycles. The number of nitriles is 1. The summed E-state index contributed by atoms with van der Waals surface area (Å²) >= 11 is 14.2. The second kappa shape index (κ2) is 11.9. The number of nitrogens with one attached hydrogen (secondary N) is 1. The second-order valence-corrected chi connectivity index (χ2v) is 8.87. The molecular weight excluding hydrogens is 574 g/mol. The summed E-state index contributed by atoms with van der Waals surface area (Å²) in [5.41, 5.74) is 2.08. The lowest BCUT2D eigenvalue weighted by Gasteiger charge is -2.13. The number of amides is 1. The molecule has 0 heterocycles. The fraction of sp³-hybridized carbons (Fsp3) is 0.120. The zero-order chi connectivity index (χ0) is 23.8. The Bertz CT molecular complexity index is 1240. The Morgan fingerprint density at radius 1 is 1.06 bits per heavy atom. The largest absolute Gasteiger partial charge is 0.490 e. The van der Waals surface area contributed by atoms with Crippen molar-refractivity contribution in [2.75, 3.05) is 11.9 Å². The van der Waals surface area contributed by atoms with Crippen molar-refractivity contribution in [1.82, 2.24) is 0 Å². The standard InChI is InChI=1S/C25H19Cl2IN2O3/c1-2-32-24-12-16(7-9-23(24)33-15-17-6-8-21(26)22(27)11-17)10-18(14-29)25(31)30-20-5-3-4-19(28)13-20/h3-13H,2,15H2,1H3,(H,30,31)/b18-10+. The summed E-state index contributed by atoms with van der Waals surface area (Å²) in [6.07, 6.45) is 1.51. The van der Waals surface area contributed by atoms with Crippen molar-refractivity contribution < 1.29 is 14.3 Å². The van der Waals surface area contributed by atoms with Crippen molar-refractivity contribution >= 4 is 63.5 Å². The zero-order valence-corrected chi connectivity index (χ0v) is 21.2. The number of nitrogens with zero attached hydrogens (tertiary/aromatic N) is 1. The van der Waals surface area contributed by atoms with Crippen molar-refractivity contribution in [3.63, 3.8) is 0 Å². The zero-order valence-electron chi connectivity index (χ0n) is 17.6. The summed E-state index contributed by atoms with van der Waals surface area (Å²) < 4.78 is 12.6. The molecule has 0 radical (unpaired) electrons. The molecule has 0 unspecified atom stereocenters. The van der Waals surface area contributed by atoms with E-state index in [1.807, 2.05) is 37.3 Å². The lowest BCUT2D eigenvalue weighted by molar-refractivity contribution is -0.112. The first-order chi connectivity index (χ1) is 15.9. The smallest absolute Gasteiger partial charge is 0.266 e. The summed E-state index contributed by atoms with van der Waals surface area (Å²) in [4.78, 5) is 12.6. The van der Waals surface area contributed by atoms with E-state index in [0.29, 0.717) is 39.4 Å². The van der Waals surface area contributed by atoms with Crippen LogP contribution >= 0.6 is 45.8 Å². The molecule has 33 heavy (non-hydrogen) atoms. The Labute approximate surface area is 216 Å². The number of benzene rings is 3. The molecule has 3 aromatic carbocycles. The summed E-state index contributed by atoms with van der Waals surface area (Å²) in [5, 5.41) is 13.2. The third-order valence-electron chi connectivity index (χ3n) is 4.40. The molecule has 0 saturated heterocycles. The van der Waals surface area contributed by atoms with Crippen LogP contribution in [-0.2, 0) is 11.4 Å². The van der Waals surface area contributed by atoms with E-state index in [0.717, 1.165) is 9.13 Å². The third-order valence-corrected chi connectivity index (χ3v) is 5.81. The second-order valence-electron chi connectivity index (χ2n) is 6.81. The van der Waals surface area contributed by atoms with Crippen LogP contribution in [0.2, 0.25) is 10.0 Å². The Morgan fingerprint density at radius 2 is 1.88 bits per heavy atom. The highest BCUT2D eigenvalue weighted by Gasteiger charge is 2.12. The van der Waals surface area contributed by atoms with Crippen LogP contribution in [0, 0.1) is 14.9 Å². The van der Waals surface area contributed by atoms with Crippen LogP contribution in [0.15, 0.2) is 66.2 Å². The van der Waals surface area contributed by atoms with Crippen LogP contribution in [0.1, 0.15) is 18.1 Å². The van der Waals surface area contributed by atoms with E-state index < -0.39 is 5.91 Å². The van der Waals surface area contributed by atoms with Crippen molar-refractivity contribution in [2.24, 2.45) is 0 Å². The number of hydrogen-bond acceptors (Lipinski definition) is 4. The highest BCUT2D eigenvalue weighted by atomic mass is 127. The van der Waals surface area contributed by atoms with Crippen LogP contribution in [0.5, 0.6) is 11.5 Å². The quantitative estimate of drug-likeness (QED) is 0.172. The molecule has 1 N–H and O–H groups in total. The van der Waals surface area contributed by atoms with E-state index >= 15 is 0 Å². The number of carbonyl (C=O) groups excluding carboxylic acids is 1. The first kappa shape index (κ1) is 24.9. The first-order valence-electron chi connectivity index (χ1n) is 9.92. The number of rotatable bonds is 8. The lowest BCUT2D eigenvalue weighted by atomic mass is 10.1. The van der Waals surface area contributed by atoms with Gasteiger partial charge in [0.15, 0.2) is 11.5 Å². The maximum atomic E-state index is 12.6. The molecule has 0 atom stereocenters. The summed E-state index contributed by atoms with van der Waals surface area (Å²) in [6, 6.07) is 19.8. The van der Waals surface area contributed by atoms with Gasteiger partial charge in [0, 0.05) is 9.26 Å². The predicted octanol–water partition coefficient (Wildman–Crippen LogP) is 7.12. The number of anilines is 1. The molecule has 0 aromatic heterocycles. The molecule has 0 saturated carbocycles. The molecule has 0 spiro atoms. The van der Waals surface area contributed by atoms with Gasteiger partial charge >= 0.3 is 0 Å². The number of carbonyl (C=O) groups is 1. The molecule has 168 valence electrons. The minimum atomic E-state index is -0.489. The molecule has 0 fully saturated rings. The van der Waals surface area contributed by atoms with E-state index in [1.54, 1.807) is 36.4 Å². The summed E-state index contributed by atoms with van der Waals surface area (Å²) in [6.45, 7) is 2.56. The number of ether oxygens (including phenoxy) is 2. The van der Waals surface area contributed by atoms with Crippen LogP contribution in [0.4, 0.5) is 5.69 Å². The first-order valence-corrected chi connectivity index (χ1v) is 11.8.